The van der Waals surface area contributed by atoms with Crippen molar-refractivity contribution in [2.24, 2.45) is 0 Å². The summed E-state index contributed by atoms with van der Waals surface area (Å²) in [6, 6.07) is 15.5. The van der Waals surface area contributed by atoms with Gasteiger partial charge in [0.1, 0.15) is 5.75 Å². The SMILES string of the molecule is Cc1cc(Br)ccc1NC(=O)C(=O)Nc1cccc2c(O)cccc12. The molecule has 0 aromatic heterocycles. The number of carbonyl (C=O) groups excluding carboxylic acids is 2. The third-order valence-electron chi connectivity index (χ3n) is 3.79. The zero-order valence-corrected chi connectivity index (χ0v) is 14.9. The van der Waals surface area contributed by atoms with Crippen molar-refractivity contribution in [2.45, 2.75) is 6.92 Å². The summed E-state index contributed by atoms with van der Waals surface area (Å²) in [5, 5.41) is 16.3. The molecule has 0 saturated carbocycles. The second-order valence-corrected chi connectivity index (χ2v) is 6.46. The number of fused-ring (bicyclic) bond motifs is 1. The van der Waals surface area contributed by atoms with Crippen LogP contribution in [0.15, 0.2) is 59.1 Å². The minimum absolute atomic E-state index is 0.114. The van der Waals surface area contributed by atoms with Crippen molar-refractivity contribution < 1.29 is 14.7 Å². The van der Waals surface area contributed by atoms with Gasteiger partial charge in [0.2, 0.25) is 0 Å². The van der Waals surface area contributed by atoms with Crippen LogP contribution in [-0.2, 0) is 9.59 Å². The normalized spacial score (nSPS) is 10.5. The largest absolute Gasteiger partial charge is 0.507 e. The van der Waals surface area contributed by atoms with Gasteiger partial charge in [-0.1, -0.05) is 40.2 Å². The Morgan fingerprint density at radius 1 is 0.880 bits per heavy atom. The molecule has 2 amide bonds. The lowest BCUT2D eigenvalue weighted by Crippen LogP contribution is -2.29. The van der Waals surface area contributed by atoms with Crippen LogP contribution in [-0.4, -0.2) is 16.9 Å². The van der Waals surface area contributed by atoms with E-state index in [2.05, 4.69) is 26.6 Å². The quantitative estimate of drug-likeness (QED) is 0.566. The molecule has 126 valence electrons. The molecule has 3 aromatic carbocycles. The van der Waals surface area contributed by atoms with Gasteiger partial charge in [0, 0.05) is 26.6 Å². The number of halogens is 1. The molecule has 0 heterocycles. The van der Waals surface area contributed by atoms with Gasteiger partial charge in [-0.3, -0.25) is 9.59 Å². The Hall–Kier alpha value is -2.86. The van der Waals surface area contributed by atoms with Crippen LogP contribution in [0.5, 0.6) is 5.75 Å². The van der Waals surface area contributed by atoms with Crippen molar-refractivity contribution in [3.05, 3.63) is 64.6 Å². The van der Waals surface area contributed by atoms with Crippen molar-refractivity contribution in [3.8, 4) is 5.75 Å². The van der Waals surface area contributed by atoms with Crippen LogP contribution in [0.25, 0.3) is 10.8 Å². The van der Waals surface area contributed by atoms with Crippen LogP contribution in [0.1, 0.15) is 5.56 Å². The molecular weight excluding hydrogens is 384 g/mol. The second kappa shape index (κ2) is 6.94. The number of amides is 2. The first-order valence-corrected chi connectivity index (χ1v) is 8.34. The summed E-state index contributed by atoms with van der Waals surface area (Å²) in [5.74, 6) is -1.43. The molecule has 3 aromatic rings. The number of carbonyl (C=O) groups is 2. The summed E-state index contributed by atoms with van der Waals surface area (Å²) in [6.07, 6.45) is 0. The number of aromatic hydroxyl groups is 1. The second-order valence-electron chi connectivity index (χ2n) is 5.55. The first-order valence-electron chi connectivity index (χ1n) is 7.55. The maximum atomic E-state index is 12.2. The third-order valence-corrected chi connectivity index (χ3v) is 4.28. The average molecular weight is 399 g/mol. The molecule has 3 rings (SSSR count). The van der Waals surface area contributed by atoms with E-state index in [-0.39, 0.29) is 5.75 Å². The predicted octanol–water partition coefficient (Wildman–Crippen LogP) is 4.19. The minimum Gasteiger partial charge on any atom is -0.507 e. The van der Waals surface area contributed by atoms with Crippen LogP contribution < -0.4 is 10.6 Å². The molecule has 0 radical (unpaired) electrons. The Bertz CT molecular complexity index is 986. The molecule has 0 aliphatic carbocycles. The summed E-state index contributed by atoms with van der Waals surface area (Å²) in [7, 11) is 0. The number of phenols is 1. The number of aryl methyl sites for hydroxylation is 1. The number of rotatable bonds is 2. The molecule has 6 heteroatoms. The fourth-order valence-electron chi connectivity index (χ4n) is 2.53. The maximum Gasteiger partial charge on any atom is 0.314 e. The molecule has 0 unspecified atom stereocenters. The van der Waals surface area contributed by atoms with E-state index >= 15 is 0 Å². The van der Waals surface area contributed by atoms with Crippen LogP contribution >= 0.6 is 15.9 Å². The number of hydrogen-bond donors (Lipinski definition) is 3. The summed E-state index contributed by atoms with van der Waals surface area (Å²) in [4.78, 5) is 24.4. The van der Waals surface area contributed by atoms with Crippen molar-refractivity contribution in [1.29, 1.82) is 0 Å². The molecule has 5 nitrogen and oxygen atoms in total. The van der Waals surface area contributed by atoms with E-state index in [1.807, 2.05) is 13.0 Å². The Kier molecular flexibility index (Phi) is 4.72. The number of hydrogen-bond acceptors (Lipinski definition) is 3. The summed E-state index contributed by atoms with van der Waals surface area (Å²) in [6.45, 7) is 1.84. The topological polar surface area (TPSA) is 78.4 Å². The zero-order valence-electron chi connectivity index (χ0n) is 13.3. The molecule has 25 heavy (non-hydrogen) atoms. The van der Waals surface area contributed by atoms with Crippen molar-refractivity contribution >= 4 is 49.9 Å². The smallest absolute Gasteiger partial charge is 0.314 e. The summed E-state index contributed by atoms with van der Waals surface area (Å²) in [5.41, 5.74) is 1.87. The van der Waals surface area contributed by atoms with E-state index in [1.165, 1.54) is 0 Å². The van der Waals surface area contributed by atoms with Crippen molar-refractivity contribution in [1.82, 2.24) is 0 Å². The third kappa shape index (κ3) is 3.64. The highest BCUT2D eigenvalue weighted by Crippen LogP contribution is 2.29. The monoisotopic (exact) mass is 398 g/mol. The zero-order chi connectivity index (χ0) is 18.0. The van der Waals surface area contributed by atoms with Gasteiger partial charge in [0.05, 0.1) is 0 Å². The number of nitrogens with one attached hydrogen (secondary N) is 2. The highest BCUT2D eigenvalue weighted by atomic mass is 79.9. The molecule has 0 fully saturated rings. The van der Waals surface area contributed by atoms with Gasteiger partial charge in [-0.15, -0.1) is 0 Å². The van der Waals surface area contributed by atoms with Gasteiger partial charge >= 0.3 is 11.8 Å². The van der Waals surface area contributed by atoms with E-state index < -0.39 is 11.8 Å². The number of anilines is 2. The Balaban J connectivity index is 1.80. The van der Waals surface area contributed by atoms with Crippen LogP contribution in [0, 0.1) is 6.92 Å². The predicted molar refractivity (Wildman–Crippen MR) is 102 cm³/mol. The lowest BCUT2D eigenvalue weighted by Gasteiger charge is -2.11. The molecule has 3 N–H and O–H groups in total. The van der Waals surface area contributed by atoms with E-state index in [4.69, 9.17) is 0 Å². The highest BCUT2D eigenvalue weighted by molar-refractivity contribution is 9.10. The molecule has 0 bridgehead atoms. The molecular formula is C19H15BrN2O3. The van der Waals surface area contributed by atoms with Crippen LogP contribution in [0.3, 0.4) is 0 Å². The van der Waals surface area contributed by atoms with Crippen molar-refractivity contribution in [3.63, 3.8) is 0 Å². The Morgan fingerprint density at radius 3 is 2.24 bits per heavy atom. The first-order chi connectivity index (χ1) is 12.0. The summed E-state index contributed by atoms with van der Waals surface area (Å²) >= 11 is 3.35. The lowest BCUT2D eigenvalue weighted by molar-refractivity contribution is -0.132. The van der Waals surface area contributed by atoms with Crippen molar-refractivity contribution in [2.75, 3.05) is 10.6 Å². The van der Waals surface area contributed by atoms with Gasteiger partial charge in [0.25, 0.3) is 0 Å². The molecule has 0 saturated heterocycles. The van der Waals surface area contributed by atoms with Gasteiger partial charge < -0.3 is 15.7 Å². The van der Waals surface area contributed by atoms with Gasteiger partial charge in [-0.2, -0.15) is 0 Å². The molecule has 0 atom stereocenters. The molecule has 0 aliphatic heterocycles. The van der Waals surface area contributed by atoms with E-state index in [0.717, 1.165) is 10.0 Å². The number of benzene rings is 3. The van der Waals surface area contributed by atoms with Gasteiger partial charge in [0.15, 0.2) is 0 Å². The fourth-order valence-corrected chi connectivity index (χ4v) is 3.00. The number of phenolic OH excluding ortho intramolecular Hbond substituents is 1. The van der Waals surface area contributed by atoms with E-state index in [0.29, 0.717) is 22.1 Å². The van der Waals surface area contributed by atoms with Gasteiger partial charge in [-0.05, 0) is 42.8 Å². The van der Waals surface area contributed by atoms with Gasteiger partial charge in [-0.25, -0.2) is 0 Å². The fraction of sp³-hybridized carbons (Fsp3) is 0.0526. The molecule has 0 aliphatic rings. The standard InChI is InChI=1S/C19H15BrN2O3/c1-11-10-12(20)8-9-15(11)21-18(24)19(25)22-16-6-2-5-14-13(16)4-3-7-17(14)23/h2-10,23H,1H3,(H,21,24)(H,22,25). The highest BCUT2D eigenvalue weighted by Gasteiger charge is 2.16. The Morgan fingerprint density at radius 2 is 1.52 bits per heavy atom. The minimum atomic E-state index is -0.779. The maximum absolute atomic E-state index is 12.2. The average Bonchev–Trinajstić information content (AvgIpc) is 2.58. The van der Waals surface area contributed by atoms with E-state index in [1.54, 1.807) is 48.5 Å². The summed E-state index contributed by atoms with van der Waals surface area (Å²) < 4.78 is 0.892. The lowest BCUT2D eigenvalue weighted by atomic mass is 10.1. The van der Waals surface area contributed by atoms with Crippen LogP contribution in [0.2, 0.25) is 0 Å². The van der Waals surface area contributed by atoms with E-state index in [9.17, 15) is 14.7 Å². The first kappa shape index (κ1) is 17.0. The Labute approximate surface area is 152 Å². The van der Waals surface area contributed by atoms with Crippen LogP contribution in [0.4, 0.5) is 11.4 Å². The molecule has 0 spiro atoms.